The molecule has 7 nitrogen and oxygen atoms in total. The summed E-state index contributed by atoms with van der Waals surface area (Å²) in [4.78, 5) is 24.0. The highest BCUT2D eigenvalue weighted by Gasteiger charge is 2.24. The fourth-order valence-corrected chi connectivity index (χ4v) is 2.36. The molecule has 0 rings (SSSR count). The summed E-state index contributed by atoms with van der Waals surface area (Å²) < 4.78 is 10.7. The molecule has 0 aliphatic carbocycles. The van der Waals surface area contributed by atoms with Crippen molar-refractivity contribution in [3.8, 4) is 0 Å². The molecule has 0 bridgehead atoms. The van der Waals surface area contributed by atoms with Crippen LogP contribution in [0.4, 0.5) is 9.59 Å². The SMILES string of the molecule is CNC[C@H](CCC(NC(=O)OC(C)(C)C)C(C)C)NC(=O)OC(C)(C)C. The van der Waals surface area contributed by atoms with E-state index >= 15 is 0 Å². The van der Waals surface area contributed by atoms with Crippen molar-refractivity contribution in [1.29, 1.82) is 0 Å². The van der Waals surface area contributed by atoms with Crippen molar-refractivity contribution in [1.82, 2.24) is 16.0 Å². The van der Waals surface area contributed by atoms with Gasteiger partial charge in [-0.2, -0.15) is 0 Å². The molecule has 3 N–H and O–H groups in total. The molecule has 0 aromatic heterocycles. The molecule has 0 aliphatic heterocycles. The summed E-state index contributed by atoms with van der Waals surface area (Å²) in [6.45, 7) is 15.7. The number of carbonyl (C=O) groups is 2. The van der Waals surface area contributed by atoms with E-state index in [1.54, 1.807) is 0 Å². The third-order valence-corrected chi connectivity index (χ3v) is 3.50. The average molecular weight is 374 g/mol. The lowest BCUT2D eigenvalue weighted by atomic mass is 9.97. The Balaban J connectivity index is 4.68. The zero-order chi connectivity index (χ0) is 20.5. The van der Waals surface area contributed by atoms with Crippen LogP contribution in [-0.4, -0.2) is 49.1 Å². The number of carbonyl (C=O) groups excluding carboxylic acids is 2. The fourth-order valence-electron chi connectivity index (χ4n) is 2.36. The van der Waals surface area contributed by atoms with Gasteiger partial charge in [-0.25, -0.2) is 9.59 Å². The predicted molar refractivity (Wildman–Crippen MR) is 104 cm³/mol. The van der Waals surface area contributed by atoms with Gasteiger partial charge in [-0.3, -0.25) is 0 Å². The zero-order valence-electron chi connectivity index (χ0n) is 18.0. The van der Waals surface area contributed by atoms with Gasteiger partial charge in [-0.1, -0.05) is 13.8 Å². The molecule has 26 heavy (non-hydrogen) atoms. The van der Waals surface area contributed by atoms with Gasteiger partial charge >= 0.3 is 12.2 Å². The van der Waals surface area contributed by atoms with Crippen LogP contribution in [0.3, 0.4) is 0 Å². The van der Waals surface area contributed by atoms with Crippen molar-refractivity contribution in [2.24, 2.45) is 5.92 Å². The topological polar surface area (TPSA) is 88.7 Å². The van der Waals surface area contributed by atoms with Gasteiger partial charge in [-0.15, -0.1) is 0 Å². The Labute approximate surface area is 159 Å². The van der Waals surface area contributed by atoms with E-state index in [0.29, 0.717) is 13.0 Å². The van der Waals surface area contributed by atoms with Crippen molar-refractivity contribution < 1.29 is 19.1 Å². The maximum Gasteiger partial charge on any atom is 0.407 e. The summed E-state index contributed by atoms with van der Waals surface area (Å²) in [5.74, 6) is 0.249. The summed E-state index contributed by atoms with van der Waals surface area (Å²) in [6.07, 6.45) is 0.582. The summed E-state index contributed by atoms with van der Waals surface area (Å²) in [5, 5.41) is 8.91. The molecule has 0 spiro atoms. The van der Waals surface area contributed by atoms with Crippen LogP contribution < -0.4 is 16.0 Å². The fraction of sp³-hybridized carbons (Fsp3) is 0.895. The number of likely N-dealkylation sites (N-methyl/N-ethyl adjacent to an activating group) is 1. The second kappa shape index (κ2) is 10.6. The van der Waals surface area contributed by atoms with Gasteiger partial charge < -0.3 is 25.4 Å². The summed E-state index contributed by atoms with van der Waals surface area (Å²) in [5.41, 5.74) is -1.06. The van der Waals surface area contributed by atoms with Gasteiger partial charge in [-0.05, 0) is 67.3 Å². The van der Waals surface area contributed by atoms with E-state index in [1.807, 2.05) is 48.6 Å². The number of hydrogen-bond acceptors (Lipinski definition) is 5. The minimum atomic E-state index is -0.535. The molecule has 0 aliphatic rings. The molecule has 0 radical (unpaired) electrons. The van der Waals surface area contributed by atoms with Gasteiger partial charge in [0.15, 0.2) is 0 Å². The molecular weight excluding hydrogens is 334 g/mol. The predicted octanol–water partition coefficient (Wildman–Crippen LogP) is 3.43. The second-order valence-electron chi connectivity index (χ2n) is 8.97. The molecular formula is C19H39N3O4. The Hall–Kier alpha value is -1.50. The molecule has 0 saturated heterocycles. The van der Waals surface area contributed by atoms with Crippen LogP contribution in [-0.2, 0) is 9.47 Å². The van der Waals surface area contributed by atoms with Crippen LogP contribution in [0.15, 0.2) is 0 Å². The third-order valence-electron chi connectivity index (χ3n) is 3.50. The standard InChI is InChI=1S/C19H39N3O4/c1-13(2)15(22-17(24)26-19(6,7)8)11-10-14(12-20-9)21-16(23)25-18(3,4)5/h13-15,20H,10-12H2,1-9H3,(H,21,23)(H,22,24)/t14-,15?/m0/s1. The monoisotopic (exact) mass is 373 g/mol. The number of amides is 2. The minimum absolute atomic E-state index is 0.0374. The maximum absolute atomic E-state index is 12.0. The van der Waals surface area contributed by atoms with Crippen LogP contribution in [0, 0.1) is 5.92 Å². The largest absolute Gasteiger partial charge is 0.444 e. The molecule has 0 heterocycles. The quantitative estimate of drug-likeness (QED) is 0.607. The molecule has 1 unspecified atom stereocenters. The number of alkyl carbamates (subject to hydrolysis) is 2. The number of hydrogen-bond donors (Lipinski definition) is 3. The van der Waals surface area contributed by atoms with Crippen molar-refractivity contribution in [3.05, 3.63) is 0 Å². The van der Waals surface area contributed by atoms with E-state index in [4.69, 9.17) is 9.47 Å². The lowest BCUT2D eigenvalue weighted by molar-refractivity contribution is 0.0464. The lowest BCUT2D eigenvalue weighted by Gasteiger charge is -2.28. The van der Waals surface area contributed by atoms with Gasteiger partial charge in [0.05, 0.1) is 0 Å². The normalized spacial score (nSPS) is 14.5. The van der Waals surface area contributed by atoms with E-state index in [9.17, 15) is 9.59 Å². The second-order valence-corrected chi connectivity index (χ2v) is 8.97. The third kappa shape index (κ3) is 12.8. The van der Waals surface area contributed by atoms with Gasteiger partial charge in [0.25, 0.3) is 0 Å². The summed E-state index contributed by atoms with van der Waals surface area (Å²) in [7, 11) is 1.84. The molecule has 154 valence electrons. The van der Waals surface area contributed by atoms with E-state index in [2.05, 4.69) is 29.8 Å². The Kier molecular flexibility index (Phi) is 9.99. The van der Waals surface area contributed by atoms with E-state index in [0.717, 1.165) is 6.42 Å². The van der Waals surface area contributed by atoms with Gasteiger partial charge in [0.1, 0.15) is 11.2 Å². The zero-order valence-corrected chi connectivity index (χ0v) is 18.0. The summed E-state index contributed by atoms with van der Waals surface area (Å²) in [6, 6.07) is -0.124. The first-order chi connectivity index (χ1) is 11.7. The van der Waals surface area contributed by atoms with Crippen molar-refractivity contribution >= 4 is 12.2 Å². The molecule has 0 fully saturated rings. The number of ether oxygens (including phenoxy) is 2. The van der Waals surface area contributed by atoms with Gasteiger partial charge in [0, 0.05) is 18.6 Å². The van der Waals surface area contributed by atoms with E-state index in [1.165, 1.54) is 0 Å². The van der Waals surface area contributed by atoms with Crippen molar-refractivity contribution in [3.63, 3.8) is 0 Å². The van der Waals surface area contributed by atoms with Crippen LogP contribution in [0.5, 0.6) is 0 Å². The molecule has 0 aromatic carbocycles. The van der Waals surface area contributed by atoms with Gasteiger partial charge in [0.2, 0.25) is 0 Å². The highest BCUT2D eigenvalue weighted by Crippen LogP contribution is 2.14. The Morgan fingerprint density at radius 1 is 0.846 bits per heavy atom. The maximum atomic E-state index is 12.0. The highest BCUT2D eigenvalue weighted by molar-refractivity contribution is 5.68. The molecule has 0 saturated carbocycles. The summed E-state index contributed by atoms with van der Waals surface area (Å²) >= 11 is 0. The number of rotatable bonds is 8. The smallest absolute Gasteiger partial charge is 0.407 e. The van der Waals surface area contributed by atoms with Crippen molar-refractivity contribution in [2.75, 3.05) is 13.6 Å². The molecule has 2 amide bonds. The first-order valence-electron chi connectivity index (χ1n) is 9.37. The Bertz CT molecular complexity index is 439. The Morgan fingerprint density at radius 3 is 1.69 bits per heavy atom. The average Bonchev–Trinajstić information content (AvgIpc) is 2.38. The highest BCUT2D eigenvalue weighted by atomic mass is 16.6. The molecule has 2 atom stereocenters. The van der Waals surface area contributed by atoms with Crippen LogP contribution in [0.1, 0.15) is 68.2 Å². The first-order valence-corrected chi connectivity index (χ1v) is 9.37. The lowest BCUT2D eigenvalue weighted by Crippen LogP contribution is -2.46. The minimum Gasteiger partial charge on any atom is -0.444 e. The number of nitrogens with one attached hydrogen (secondary N) is 3. The molecule has 7 heteroatoms. The van der Waals surface area contributed by atoms with Crippen molar-refractivity contribution in [2.45, 2.75) is 91.5 Å². The molecule has 0 aromatic rings. The van der Waals surface area contributed by atoms with Crippen LogP contribution in [0.2, 0.25) is 0 Å². The van der Waals surface area contributed by atoms with Crippen LogP contribution >= 0.6 is 0 Å². The Morgan fingerprint density at radius 2 is 1.31 bits per heavy atom. The van der Waals surface area contributed by atoms with E-state index in [-0.39, 0.29) is 18.0 Å². The van der Waals surface area contributed by atoms with E-state index < -0.39 is 23.4 Å². The first kappa shape index (κ1) is 24.5. The van der Waals surface area contributed by atoms with Crippen LogP contribution in [0.25, 0.3) is 0 Å².